The Morgan fingerprint density at radius 2 is 0.432 bits per heavy atom. The van der Waals surface area contributed by atoms with Gasteiger partial charge in [0.15, 0.2) is 0 Å². The Morgan fingerprint density at radius 1 is 0.243 bits per heavy atom. The van der Waals surface area contributed by atoms with Crippen molar-refractivity contribution in [3.8, 4) is 0 Å². The van der Waals surface area contributed by atoms with E-state index in [2.05, 4.69) is 34.6 Å². The highest BCUT2D eigenvalue weighted by Crippen LogP contribution is 2.23. The summed E-state index contributed by atoms with van der Waals surface area (Å²) >= 11 is 0. The van der Waals surface area contributed by atoms with E-state index in [1.54, 1.807) is 0 Å². The van der Waals surface area contributed by atoms with Crippen molar-refractivity contribution in [3.63, 3.8) is 0 Å². The van der Waals surface area contributed by atoms with Crippen LogP contribution in [0.1, 0.15) is 221 Å². The Morgan fingerprint density at radius 3 is 0.730 bits per heavy atom. The molecule has 0 bridgehead atoms. The van der Waals surface area contributed by atoms with Gasteiger partial charge in [-0.3, -0.25) is 0 Å². The molecule has 0 rings (SSSR count). The molecule has 3 atom stereocenters. The lowest BCUT2D eigenvalue weighted by Crippen LogP contribution is -2.01. The van der Waals surface area contributed by atoms with Gasteiger partial charge in [-0.1, -0.05) is 221 Å². The first-order valence-corrected chi connectivity index (χ1v) is 18.1. The van der Waals surface area contributed by atoms with Crippen LogP contribution in [0.2, 0.25) is 0 Å². The molecule has 3 unspecified atom stereocenters. The minimum Gasteiger partial charge on any atom is -0.0654 e. The summed E-state index contributed by atoms with van der Waals surface area (Å²) in [6.07, 6.45) is 42.5. The molecule has 0 N–H and O–H groups in total. The number of unbranched alkanes of at least 4 members (excludes halogenated alkanes) is 19. The molecule has 0 aliphatic heterocycles. The van der Waals surface area contributed by atoms with Crippen LogP contribution in [-0.4, -0.2) is 0 Å². The Kier molecular flexibility index (Phi) is 30.5. The molecule has 0 saturated carbocycles. The zero-order chi connectivity index (χ0) is 27.2. The average Bonchev–Trinajstić information content (AvgIpc) is 2.88. The van der Waals surface area contributed by atoms with Crippen molar-refractivity contribution in [1.82, 2.24) is 0 Å². The number of rotatable bonds is 31. The fourth-order valence-electron chi connectivity index (χ4n) is 6.20. The van der Waals surface area contributed by atoms with Gasteiger partial charge in [-0.2, -0.15) is 0 Å². The molecular weight excluding hydrogens is 444 g/mol. The fraction of sp³-hybridized carbons (Fsp3) is 1.00. The first kappa shape index (κ1) is 37.0. The first-order chi connectivity index (χ1) is 18.1. The Balaban J connectivity index is 3.29. The van der Waals surface area contributed by atoms with E-state index in [0.29, 0.717) is 0 Å². The summed E-state index contributed by atoms with van der Waals surface area (Å²) in [4.78, 5) is 0. The van der Waals surface area contributed by atoms with Crippen molar-refractivity contribution in [2.24, 2.45) is 17.8 Å². The van der Waals surface area contributed by atoms with Crippen LogP contribution < -0.4 is 0 Å². The number of hydrogen-bond acceptors (Lipinski definition) is 0. The molecule has 0 aliphatic carbocycles. The highest BCUT2D eigenvalue weighted by Gasteiger charge is 2.08. The second kappa shape index (κ2) is 30.5. The second-order valence-electron chi connectivity index (χ2n) is 13.5. The molecule has 0 spiro atoms. The first-order valence-electron chi connectivity index (χ1n) is 18.1. The van der Waals surface area contributed by atoms with Crippen molar-refractivity contribution in [2.45, 2.75) is 221 Å². The minimum atomic E-state index is 0.945. The second-order valence-corrected chi connectivity index (χ2v) is 13.5. The van der Waals surface area contributed by atoms with E-state index in [4.69, 9.17) is 0 Å². The normalized spacial score (nSPS) is 14.2. The molecule has 0 heteroatoms. The van der Waals surface area contributed by atoms with Gasteiger partial charge in [-0.15, -0.1) is 0 Å². The van der Waals surface area contributed by atoms with E-state index in [-0.39, 0.29) is 0 Å². The lowest BCUT2D eigenvalue weighted by atomic mass is 9.90. The molecule has 0 nitrogen and oxygen atoms in total. The van der Waals surface area contributed by atoms with E-state index in [1.807, 2.05) is 0 Å². The molecule has 0 amide bonds. The zero-order valence-electron chi connectivity index (χ0n) is 27.2. The summed E-state index contributed by atoms with van der Waals surface area (Å²) in [6, 6.07) is 0. The topological polar surface area (TPSA) is 0 Å². The van der Waals surface area contributed by atoms with Crippen LogP contribution in [0.4, 0.5) is 0 Å². The Bertz CT molecular complexity index is 399. The smallest absolute Gasteiger partial charge is 0.0443 e. The highest BCUT2D eigenvalue weighted by molar-refractivity contribution is 4.61. The lowest BCUT2D eigenvalue weighted by molar-refractivity contribution is 0.374. The van der Waals surface area contributed by atoms with Gasteiger partial charge in [0.1, 0.15) is 0 Å². The molecule has 0 saturated heterocycles. The standard InChI is InChI=1S/C37H76/c1-6-8-10-11-12-13-14-15-16-17-18-19-20-21-22-23-24-26-30-36(4)32-28-34-37(5)33-27-31-35(3)29-25-9-7-2/h35-37H,6-34H2,1-5H3. The van der Waals surface area contributed by atoms with Gasteiger partial charge in [-0.25, -0.2) is 0 Å². The van der Waals surface area contributed by atoms with Gasteiger partial charge in [-0.05, 0) is 17.8 Å². The Hall–Kier alpha value is 0. The third-order valence-electron chi connectivity index (χ3n) is 9.14. The molecule has 0 aromatic heterocycles. The van der Waals surface area contributed by atoms with Crippen LogP contribution in [0.5, 0.6) is 0 Å². The maximum Gasteiger partial charge on any atom is -0.0443 e. The Labute approximate surface area is 238 Å². The number of hydrogen-bond donors (Lipinski definition) is 0. The minimum absolute atomic E-state index is 0.945. The van der Waals surface area contributed by atoms with E-state index in [9.17, 15) is 0 Å². The third kappa shape index (κ3) is 30.4. The van der Waals surface area contributed by atoms with Gasteiger partial charge in [0.2, 0.25) is 0 Å². The van der Waals surface area contributed by atoms with E-state index in [0.717, 1.165) is 17.8 Å². The van der Waals surface area contributed by atoms with Gasteiger partial charge >= 0.3 is 0 Å². The van der Waals surface area contributed by atoms with Gasteiger partial charge < -0.3 is 0 Å². The van der Waals surface area contributed by atoms with Crippen molar-refractivity contribution < 1.29 is 0 Å². The van der Waals surface area contributed by atoms with Crippen LogP contribution in [0.3, 0.4) is 0 Å². The van der Waals surface area contributed by atoms with Crippen LogP contribution in [0.15, 0.2) is 0 Å². The van der Waals surface area contributed by atoms with Gasteiger partial charge in [0.25, 0.3) is 0 Å². The van der Waals surface area contributed by atoms with Crippen molar-refractivity contribution in [3.05, 3.63) is 0 Å². The molecule has 0 fully saturated rings. The molecule has 37 heavy (non-hydrogen) atoms. The van der Waals surface area contributed by atoms with Crippen LogP contribution in [-0.2, 0) is 0 Å². The maximum absolute atomic E-state index is 2.51. The maximum atomic E-state index is 2.51. The summed E-state index contributed by atoms with van der Waals surface area (Å²) < 4.78 is 0. The van der Waals surface area contributed by atoms with Crippen molar-refractivity contribution in [2.75, 3.05) is 0 Å². The molecule has 0 radical (unpaired) electrons. The molecule has 0 aromatic rings. The van der Waals surface area contributed by atoms with Crippen LogP contribution in [0, 0.1) is 17.8 Å². The summed E-state index contributed by atoms with van der Waals surface area (Å²) in [5, 5.41) is 0. The largest absolute Gasteiger partial charge is 0.0654 e. The quantitative estimate of drug-likeness (QED) is 0.0797. The fourth-order valence-corrected chi connectivity index (χ4v) is 6.20. The van der Waals surface area contributed by atoms with Crippen molar-refractivity contribution >= 4 is 0 Å². The van der Waals surface area contributed by atoms with Crippen LogP contribution >= 0.6 is 0 Å². The highest BCUT2D eigenvalue weighted by atomic mass is 14.1. The predicted molar refractivity (Wildman–Crippen MR) is 173 cm³/mol. The summed E-state index contributed by atoms with van der Waals surface area (Å²) in [5.74, 6) is 2.85. The summed E-state index contributed by atoms with van der Waals surface area (Å²) in [5.41, 5.74) is 0. The molecule has 0 heterocycles. The third-order valence-corrected chi connectivity index (χ3v) is 9.14. The molecule has 0 aromatic carbocycles. The average molecular weight is 521 g/mol. The van der Waals surface area contributed by atoms with Gasteiger partial charge in [0.05, 0.1) is 0 Å². The molecule has 0 aliphatic rings. The van der Waals surface area contributed by atoms with Crippen molar-refractivity contribution in [1.29, 1.82) is 0 Å². The lowest BCUT2D eigenvalue weighted by Gasteiger charge is -2.16. The van der Waals surface area contributed by atoms with Crippen LogP contribution in [0.25, 0.3) is 0 Å². The summed E-state index contributed by atoms with van der Waals surface area (Å²) in [7, 11) is 0. The van der Waals surface area contributed by atoms with E-state index in [1.165, 1.54) is 186 Å². The van der Waals surface area contributed by atoms with E-state index >= 15 is 0 Å². The molecule has 224 valence electrons. The predicted octanol–water partition coefficient (Wildman–Crippen LogP) is 14.2. The molecular formula is C37H76. The SMILES string of the molecule is CCCCCCCCCCCCCCCCCCCCC(C)CCCC(C)CCCC(C)CCCCC. The monoisotopic (exact) mass is 521 g/mol. The summed E-state index contributed by atoms with van der Waals surface area (Å²) in [6.45, 7) is 12.1. The van der Waals surface area contributed by atoms with E-state index < -0.39 is 0 Å². The van der Waals surface area contributed by atoms with Gasteiger partial charge in [0, 0.05) is 0 Å². The zero-order valence-corrected chi connectivity index (χ0v) is 27.2.